The van der Waals surface area contributed by atoms with Crippen molar-refractivity contribution in [1.29, 1.82) is 0 Å². The van der Waals surface area contributed by atoms with Crippen LogP contribution in [-0.4, -0.2) is 26.3 Å². The molecule has 20 heavy (non-hydrogen) atoms. The largest absolute Gasteiger partial charge is 0.380 e. The van der Waals surface area contributed by atoms with Crippen molar-refractivity contribution >= 4 is 0 Å². The highest BCUT2D eigenvalue weighted by atomic mass is 16.5. The third-order valence-electron chi connectivity index (χ3n) is 5.02. The highest BCUT2D eigenvalue weighted by Gasteiger charge is 2.29. The second-order valence-corrected chi connectivity index (χ2v) is 6.55. The van der Waals surface area contributed by atoms with Gasteiger partial charge in [-0.3, -0.25) is 0 Å². The summed E-state index contributed by atoms with van der Waals surface area (Å²) >= 11 is 0. The molecule has 0 saturated heterocycles. The van der Waals surface area contributed by atoms with Crippen LogP contribution in [0.1, 0.15) is 84.0 Å². The van der Waals surface area contributed by atoms with Crippen LogP contribution in [0.5, 0.6) is 0 Å². The standard InChI is InChI=1S/C18H37NO/c1-4-5-6-7-8-12-15-17(19-2)18(20-3)16-13-10-9-11-14-16/h16-19H,4-15H2,1-3H3. The van der Waals surface area contributed by atoms with Crippen molar-refractivity contribution in [3.05, 3.63) is 0 Å². The zero-order chi connectivity index (χ0) is 14.6. The average molecular weight is 284 g/mol. The molecule has 2 unspecified atom stereocenters. The summed E-state index contributed by atoms with van der Waals surface area (Å²) in [6.45, 7) is 2.28. The van der Waals surface area contributed by atoms with E-state index in [1.807, 2.05) is 7.11 Å². The first-order valence-corrected chi connectivity index (χ1v) is 9.03. The molecule has 0 amide bonds. The highest BCUT2D eigenvalue weighted by Crippen LogP contribution is 2.30. The van der Waals surface area contributed by atoms with Gasteiger partial charge in [0.05, 0.1) is 6.10 Å². The van der Waals surface area contributed by atoms with Crippen molar-refractivity contribution in [2.75, 3.05) is 14.2 Å². The molecule has 2 heteroatoms. The molecule has 0 spiro atoms. The summed E-state index contributed by atoms with van der Waals surface area (Å²) in [6.07, 6.45) is 17.0. The van der Waals surface area contributed by atoms with Gasteiger partial charge in [-0.2, -0.15) is 0 Å². The molecule has 2 atom stereocenters. The van der Waals surface area contributed by atoms with Crippen molar-refractivity contribution in [2.24, 2.45) is 5.92 Å². The Morgan fingerprint density at radius 1 is 1.00 bits per heavy atom. The van der Waals surface area contributed by atoms with Crippen LogP contribution in [0.2, 0.25) is 0 Å². The summed E-state index contributed by atoms with van der Waals surface area (Å²) in [6, 6.07) is 0.550. The molecule has 1 fully saturated rings. The smallest absolute Gasteiger partial charge is 0.0752 e. The minimum Gasteiger partial charge on any atom is -0.380 e. The summed E-state index contributed by atoms with van der Waals surface area (Å²) in [7, 11) is 4.02. The van der Waals surface area contributed by atoms with E-state index < -0.39 is 0 Å². The Morgan fingerprint density at radius 3 is 2.25 bits per heavy atom. The maximum atomic E-state index is 5.88. The topological polar surface area (TPSA) is 21.3 Å². The van der Waals surface area contributed by atoms with Gasteiger partial charge in [0.15, 0.2) is 0 Å². The van der Waals surface area contributed by atoms with Gasteiger partial charge in [0.1, 0.15) is 0 Å². The minimum absolute atomic E-state index is 0.427. The zero-order valence-electron chi connectivity index (χ0n) is 14.1. The number of nitrogens with one attached hydrogen (secondary N) is 1. The second kappa shape index (κ2) is 11.6. The first-order chi connectivity index (χ1) is 9.83. The molecule has 0 aromatic heterocycles. The minimum atomic E-state index is 0.427. The number of methoxy groups -OCH3 is 1. The SMILES string of the molecule is CCCCCCCCC(NC)C(OC)C1CCCCC1. The van der Waals surface area contributed by atoms with Gasteiger partial charge in [-0.15, -0.1) is 0 Å². The molecule has 0 radical (unpaired) electrons. The lowest BCUT2D eigenvalue weighted by molar-refractivity contribution is 0.00739. The van der Waals surface area contributed by atoms with Gasteiger partial charge in [0.2, 0.25) is 0 Å². The van der Waals surface area contributed by atoms with Crippen LogP contribution in [0.25, 0.3) is 0 Å². The van der Waals surface area contributed by atoms with Crippen molar-refractivity contribution in [1.82, 2.24) is 5.32 Å². The quantitative estimate of drug-likeness (QED) is 0.543. The number of hydrogen-bond donors (Lipinski definition) is 1. The Bertz CT molecular complexity index is 213. The molecular formula is C18H37NO. The van der Waals surface area contributed by atoms with Gasteiger partial charge < -0.3 is 10.1 Å². The first kappa shape index (κ1) is 18.0. The fourth-order valence-electron chi connectivity index (χ4n) is 3.77. The van der Waals surface area contributed by atoms with Crippen molar-refractivity contribution < 1.29 is 4.74 Å². The summed E-state index contributed by atoms with van der Waals surface area (Å²) in [4.78, 5) is 0. The molecule has 2 nitrogen and oxygen atoms in total. The van der Waals surface area contributed by atoms with E-state index in [0.29, 0.717) is 12.1 Å². The zero-order valence-corrected chi connectivity index (χ0v) is 14.1. The number of likely N-dealkylation sites (N-methyl/N-ethyl adjacent to an activating group) is 1. The molecule has 0 heterocycles. The molecule has 1 rings (SSSR count). The Kier molecular flexibility index (Phi) is 10.4. The molecule has 1 saturated carbocycles. The fraction of sp³-hybridized carbons (Fsp3) is 1.00. The molecule has 1 aliphatic rings. The van der Waals surface area contributed by atoms with Crippen LogP contribution in [0.15, 0.2) is 0 Å². The van der Waals surface area contributed by atoms with Crippen LogP contribution < -0.4 is 5.32 Å². The number of rotatable bonds is 11. The predicted octanol–water partition coefficient (Wildman–Crippen LogP) is 4.92. The highest BCUT2D eigenvalue weighted by molar-refractivity contribution is 4.84. The number of hydrogen-bond acceptors (Lipinski definition) is 2. The van der Waals surface area contributed by atoms with E-state index in [1.165, 1.54) is 77.0 Å². The molecule has 1 aliphatic carbocycles. The Morgan fingerprint density at radius 2 is 1.65 bits per heavy atom. The van der Waals surface area contributed by atoms with Crippen molar-refractivity contribution in [3.63, 3.8) is 0 Å². The Balaban J connectivity index is 2.26. The third-order valence-corrected chi connectivity index (χ3v) is 5.02. The maximum Gasteiger partial charge on any atom is 0.0752 e. The molecule has 0 bridgehead atoms. The molecule has 0 aliphatic heterocycles. The normalized spacial score (nSPS) is 19.9. The van der Waals surface area contributed by atoms with E-state index in [1.54, 1.807) is 0 Å². The maximum absolute atomic E-state index is 5.88. The van der Waals surface area contributed by atoms with Crippen molar-refractivity contribution in [2.45, 2.75) is 96.1 Å². The van der Waals surface area contributed by atoms with Gasteiger partial charge in [-0.1, -0.05) is 64.7 Å². The van der Waals surface area contributed by atoms with E-state index in [0.717, 1.165) is 5.92 Å². The number of ether oxygens (including phenoxy) is 1. The lowest BCUT2D eigenvalue weighted by Gasteiger charge is -2.35. The lowest BCUT2D eigenvalue weighted by Crippen LogP contribution is -2.44. The Hall–Kier alpha value is -0.0800. The van der Waals surface area contributed by atoms with Crippen LogP contribution in [0.3, 0.4) is 0 Å². The molecule has 0 aromatic rings. The van der Waals surface area contributed by atoms with Crippen LogP contribution in [0.4, 0.5) is 0 Å². The van der Waals surface area contributed by atoms with E-state index in [-0.39, 0.29) is 0 Å². The van der Waals surface area contributed by atoms with E-state index in [4.69, 9.17) is 4.74 Å². The predicted molar refractivity (Wildman–Crippen MR) is 88.2 cm³/mol. The van der Waals surface area contributed by atoms with Gasteiger partial charge in [-0.25, -0.2) is 0 Å². The summed E-state index contributed by atoms with van der Waals surface area (Å²) in [5, 5.41) is 3.53. The van der Waals surface area contributed by atoms with Gasteiger partial charge in [0, 0.05) is 13.2 Å². The number of unbranched alkanes of at least 4 members (excludes halogenated alkanes) is 5. The Labute approximate surface area is 127 Å². The molecule has 0 aromatic carbocycles. The molecular weight excluding hydrogens is 246 g/mol. The van der Waals surface area contributed by atoms with Gasteiger partial charge in [-0.05, 0) is 32.2 Å². The summed E-state index contributed by atoms with van der Waals surface area (Å²) in [5.74, 6) is 0.784. The van der Waals surface area contributed by atoms with E-state index >= 15 is 0 Å². The molecule has 1 N–H and O–H groups in total. The average Bonchev–Trinajstić information content (AvgIpc) is 2.50. The van der Waals surface area contributed by atoms with Crippen LogP contribution >= 0.6 is 0 Å². The molecule has 120 valence electrons. The summed E-state index contributed by atoms with van der Waals surface area (Å²) < 4.78 is 5.88. The van der Waals surface area contributed by atoms with Gasteiger partial charge in [0.25, 0.3) is 0 Å². The second-order valence-electron chi connectivity index (χ2n) is 6.55. The third kappa shape index (κ3) is 6.58. The summed E-state index contributed by atoms with van der Waals surface area (Å²) in [5.41, 5.74) is 0. The van der Waals surface area contributed by atoms with Crippen LogP contribution in [0, 0.1) is 5.92 Å². The van der Waals surface area contributed by atoms with Crippen molar-refractivity contribution in [3.8, 4) is 0 Å². The van der Waals surface area contributed by atoms with Crippen LogP contribution in [-0.2, 0) is 4.74 Å². The van der Waals surface area contributed by atoms with Gasteiger partial charge >= 0.3 is 0 Å². The monoisotopic (exact) mass is 283 g/mol. The lowest BCUT2D eigenvalue weighted by atomic mass is 9.81. The van der Waals surface area contributed by atoms with E-state index in [2.05, 4.69) is 19.3 Å². The first-order valence-electron chi connectivity index (χ1n) is 9.03. The van der Waals surface area contributed by atoms with E-state index in [9.17, 15) is 0 Å². The fourth-order valence-corrected chi connectivity index (χ4v) is 3.77.